The second-order valence-corrected chi connectivity index (χ2v) is 5.94. The Hall–Kier alpha value is -2.00. The number of carbonyl (C=O) groups excluding carboxylic acids is 1. The van der Waals surface area contributed by atoms with Crippen molar-refractivity contribution >= 4 is 17.7 Å². The molecule has 2 rings (SSSR count). The lowest BCUT2D eigenvalue weighted by molar-refractivity contribution is -0.122. The maximum atomic E-state index is 12.2. The molecular weight excluding hydrogens is 329 g/mol. The van der Waals surface area contributed by atoms with Crippen molar-refractivity contribution in [2.24, 2.45) is 5.73 Å². The highest BCUT2D eigenvalue weighted by Crippen LogP contribution is 2.36. The number of H-pyrrole nitrogens is 1. The standard InChI is InChI=1S/C14H15F3N4OS/c15-14(16,17)23-11-3-1-9(2-4-11)6-20-13(22)12(18)5-10-7-19-8-21-10/h1-4,7-8,12H,5-6,18H2,(H,19,21)(H,20,22)/t12-/m1/s1. The Kier molecular flexibility index (Phi) is 5.67. The van der Waals surface area contributed by atoms with E-state index < -0.39 is 11.6 Å². The predicted molar refractivity (Wildman–Crippen MR) is 80.5 cm³/mol. The van der Waals surface area contributed by atoms with Crippen LogP contribution in [0.25, 0.3) is 0 Å². The minimum Gasteiger partial charge on any atom is -0.351 e. The van der Waals surface area contributed by atoms with Crippen molar-refractivity contribution < 1.29 is 18.0 Å². The van der Waals surface area contributed by atoms with Crippen LogP contribution in [0.5, 0.6) is 0 Å². The van der Waals surface area contributed by atoms with Gasteiger partial charge in [-0.1, -0.05) is 12.1 Å². The molecule has 23 heavy (non-hydrogen) atoms. The summed E-state index contributed by atoms with van der Waals surface area (Å²) in [5.74, 6) is -0.339. The van der Waals surface area contributed by atoms with Gasteiger partial charge in [-0.25, -0.2) is 4.98 Å². The fraction of sp³-hybridized carbons (Fsp3) is 0.286. The molecule has 1 amide bonds. The van der Waals surface area contributed by atoms with E-state index in [1.54, 1.807) is 6.20 Å². The highest BCUT2D eigenvalue weighted by atomic mass is 32.2. The molecule has 124 valence electrons. The van der Waals surface area contributed by atoms with Crippen molar-refractivity contribution in [2.75, 3.05) is 0 Å². The summed E-state index contributed by atoms with van der Waals surface area (Å²) in [5, 5.41) is 2.65. The van der Waals surface area contributed by atoms with Crippen molar-refractivity contribution in [2.45, 2.75) is 29.4 Å². The molecule has 0 spiro atoms. The number of aromatic nitrogens is 2. The summed E-state index contributed by atoms with van der Waals surface area (Å²) in [6, 6.07) is 5.08. The third kappa shape index (κ3) is 5.95. The lowest BCUT2D eigenvalue weighted by Gasteiger charge is -2.12. The van der Waals surface area contributed by atoms with Crippen LogP contribution < -0.4 is 11.1 Å². The van der Waals surface area contributed by atoms with E-state index in [1.807, 2.05) is 0 Å². The van der Waals surface area contributed by atoms with Gasteiger partial charge in [-0.15, -0.1) is 0 Å². The van der Waals surface area contributed by atoms with E-state index in [-0.39, 0.29) is 29.1 Å². The van der Waals surface area contributed by atoms with Crippen molar-refractivity contribution in [1.82, 2.24) is 15.3 Å². The molecule has 9 heteroatoms. The number of nitrogens with zero attached hydrogens (tertiary/aromatic N) is 1. The van der Waals surface area contributed by atoms with Crippen LogP contribution >= 0.6 is 11.8 Å². The number of rotatable bonds is 6. The van der Waals surface area contributed by atoms with Gasteiger partial charge in [0.2, 0.25) is 5.91 Å². The minimum absolute atomic E-state index is 0.100. The molecule has 5 nitrogen and oxygen atoms in total. The van der Waals surface area contributed by atoms with E-state index in [0.29, 0.717) is 12.0 Å². The van der Waals surface area contributed by atoms with Crippen LogP contribution in [-0.2, 0) is 17.8 Å². The molecule has 0 aliphatic rings. The number of carbonyl (C=O) groups is 1. The van der Waals surface area contributed by atoms with Crippen molar-refractivity contribution in [3.8, 4) is 0 Å². The third-order valence-corrected chi connectivity index (χ3v) is 3.69. The topological polar surface area (TPSA) is 83.8 Å². The Bertz CT molecular complexity index is 628. The zero-order valence-electron chi connectivity index (χ0n) is 11.9. The summed E-state index contributed by atoms with van der Waals surface area (Å²) in [6.45, 7) is 0.201. The minimum atomic E-state index is -4.31. The molecule has 4 N–H and O–H groups in total. The molecule has 0 bridgehead atoms. The molecule has 1 aromatic carbocycles. The van der Waals surface area contributed by atoms with Crippen LogP contribution in [0.3, 0.4) is 0 Å². The maximum Gasteiger partial charge on any atom is 0.446 e. The lowest BCUT2D eigenvalue weighted by atomic mass is 10.1. The zero-order valence-corrected chi connectivity index (χ0v) is 12.7. The largest absolute Gasteiger partial charge is 0.446 e. The van der Waals surface area contributed by atoms with Gasteiger partial charge < -0.3 is 16.0 Å². The van der Waals surface area contributed by atoms with E-state index in [2.05, 4.69) is 15.3 Å². The van der Waals surface area contributed by atoms with Gasteiger partial charge in [-0.3, -0.25) is 4.79 Å². The molecule has 0 saturated heterocycles. The third-order valence-electron chi connectivity index (χ3n) is 2.96. The average molecular weight is 344 g/mol. The summed E-state index contributed by atoms with van der Waals surface area (Å²) in [4.78, 5) is 18.7. The Morgan fingerprint density at radius 3 is 2.61 bits per heavy atom. The molecule has 0 aliphatic heterocycles. The molecular formula is C14H15F3N4OS. The summed E-state index contributed by atoms with van der Waals surface area (Å²) >= 11 is -0.176. The number of benzene rings is 1. The number of halogens is 3. The summed E-state index contributed by atoms with van der Waals surface area (Å²) in [7, 11) is 0. The Balaban J connectivity index is 1.82. The summed E-state index contributed by atoms with van der Waals surface area (Å²) in [5.41, 5.74) is 2.91. The smallest absolute Gasteiger partial charge is 0.351 e. The van der Waals surface area contributed by atoms with Gasteiger partial charge in [-0.05, 0) is 29.5 Å². The van der Waals surface area contributed by atoms with Crippen molar-refractivity contribution in [3.05, 3.63) is 48.0 Å². The van der Waals surface area contributed by atoms with Crippen molar-refractivity contribution in [1.29, 1.82) is 0 Å². The molecule has 0 aliphatic carbocycles. The van der Waals surface area contributed by atoms with Gasteiger partial charge in [0.1, 0.15) is 0 Å². The lowest BCUT2D eigenvalue weighted by Crippen LogP contribution is -2.41. The van der Waals surface area contributed by atoms with Crippen LogP contribution in [0.4, 0.5) is 13.2 Å². The zero-order chi connectivity index (χ0) is 16.9. The predicted octanol–water partition coefficient (Wildman–Crippen LogP) is 2.21. The van der Waals surface area contributed by atoms with Crippen LogP contribution in [-0.4, -0.2) is 27.4 Å². The van der Waals surface area contributed by atoms with E-state index in [1.165, 1.54) is 30.6 Å². The number of thioether (sulfide) groups is 1. The monoisotopic (exact) mass is 344 g/mol. The number of nitrogens with two attached hydrogens (primary N) is 1. The number of alkyl halides is 3. The molecule has 2 aromatic rings. The number of hydrogen-bond donors (Lipinski definition) is 3. The first-order valence-electron chi connectivity index (χ1n) is 6.69. The summed E-state index contributed by atoms with van der Waals surface area (Å²) in [6.07, 6.45) is 3.41. The molecule has 0 saturated carbocycles. The fourth-order valence-electron chi connectivity index (χ4n) is 1.86. The second kappa shape index (κ2) is 7.51. The van der Waals surface area contributed by atoms with Crippen LogP contribution in [0, 0.1) is 0 Å². The number of hydrogen-bond acceptors (Lipinski definition) is 4. The highest BCUT2D eigenvalue weighted by molar-refractivity contribution is 8.00. The Morgan fingerprint density at radius 1 is 1.35 bits per heavy atom. The number of amides is 1. The first-order valence-corrected chi connectivity index (χ1v) is 7.50. The van der Waals surface area contributed by atoms with Gasteiger partial charge in [-0.2, -0.15) is 13.2 Å². The summed E-state index contributed by atoms with van der Waals surface area (Å²) < 4.78 is 36.7. The van der Waals surface area contributed by atoms with E-state index in [4.69, 9.17) is 5.73 Å². The van der Waals surface area contributed by atoms with Gasteiger partial charge in [0, 0.05) is 29.8 Å². The van der Waals surface area contributed by atoms with Crippen LogP contribution in [0.2, 0.25) is 0 Å². The first-order chi connectivity index (χ1) is 10.8. The molecule has 0 fully saturated rings. The molecule has 1 heterocycles. The average Bonchev–Trinajstić information content (AvgIpc) is 2.97. The SMILES string of the molecule is N[C@H](Cc1cnc[nH]1)C(=O)NCc1ccc(SC(F)(F)F)cc1. The van der Waals surface area contributed by atoms with Gasteiger partial charge in [0.15, 0.2) is 0 Å². The fourth-order valence-corrected chi connectivity index (χ4v) is 2.39. The second-order valence-electron chi connectivity index (χ2n) is 4.80. The number of aromatic amines is 1. The van der Waals surface area contributed by atoms with E-state index in [9.17, 15) is 18.0 Å². The highest BCUT2D eigenvalue weighted by Gasteiger charge is 2.29. The normalized spacial score (nSPS) is 12.9. The first kappa shape index (κ1) is 17.4. The number of imidazole rings is 1. The molecule has 0 unspecified atom stereocenters. The molecule has 0 radical (unpaired) electrons. The maximum absolute atomic E-state index is 12.2. The van der Waals surface area contributed by atoms with Gasteiger partial charge in [0.05, 0.1) is 12.4 Å². The van der Waals surface area contributed by atoms with Gasteiger partial charge in [0.25, 0.3) is 0 Å². The van der Waals surface area contributed by atoms with Crippen molar-refractivity contribution in [3.63, 3.8) is 0 Å². The van der Waals surface area contributed by atoms with E-state index >= 15 is 0 Å². The van der Waals surface area contributed by atoms with Crippen LogP contribution in [0.15, 0.2) is 41.7 Å². The molecule has 1 atom stereocenters. The number of nitrogens with one attached hydrogen (secondary N) is 2. The Labute approximate surface area is 134 Å². The quantitative estimate of drug-likeness (QED) is 0.702. The van der Waals surface area contributed by atoms with Gasteiger partial charge >= 0.3 is 5.51 Å². The van der Waals surface area contributed by atoms with Crippen LogP contribution in [0.1, 0.15) is 11.3 Å². The van der Waals surface area contributed by atoms with E-state index in [0.717, 1.165) is 5.69 Å². The Morgan fingerprint density at radius 2 is 2.04 bits per heavy atom. The molecule has 1 aromatic heterocycles.